The number of carbonyl (C=O) groups is 1. The van der Waals surface area contributed by atoms with Crippen molar-refractivity contribution in [2.24, 2.45) is 0 Å². The second-order valence-corrected chi connectivity index (χ2v) is 8.62. The van der Waals surface area contributed by atoms with Gasteiger partial charge < -0.3 is 20.4 Å². The standard InChI is InChI=1S/C23H38N6O.C2H6/c1-4-28-15-12-18(16-17(28)2)26-23(30)21(24)19-10-11-20(27-22(19)25-3)29-13-8-6-5-7-9-14-29;1-2/h10-11,17-18,24H,4-9,12-16H2,1-3H3,(H,25,27)(H,26,30);1-2H3. The lowest BCUT2D eigenvalue weighted by molar-refractivity contribution is -0.115. The van der Waals surface area contributed by atoms with Crippen molar-refractivity contribution in [1.82, 2.24) is 15.2 Å². The summed E-state index contributed by atoms with van der Waals surface area (Å²) in [5, 5.41) is 14.7. The van der Waals surface area contributed by atoms with Crippen LogP contribution in [0.5, 0.6) is 0 Å². The highest BCUT2D eigenvalue weighted by molar-refractivity contribution is 6.45. The van der Waals surface area contributed by atoms with Gasteiger partial charge in [-0.3, -0.25) is 10.2 Å². The number of nitrogens with one attached hydrogen (secondary N) is 3. The summed E-state index contributed by atoms with van der Waals surface area (Å²) in [6, 6.07) is 4.41. The lowest BCUT2D eigenvalue weighted by Gasteiger charge is -2.37. The third-order valence-corrected chi connectivity index (χ3v) is 6.55. The Morgan fingerprint density at radius 1 is 1.12 bits per heavy atom. The van der Waals surface area contributed by atoms with Gasteiger partial charge in [0.2, 0.25) is 0 Å². The number of pyridine rings is 1. The van der Waals surface area contributed by atoms with Crippen LogP contribution in [0.25, 0.3) is 0 Å². The molecule has 2 saturated heterocycles. The van der Waals surface area contributed by atoms with E-state index in [0.717, 1.165) is 44.8 Å². The molecule has 0 aliphatic carbocycles. The van der Waals surface area contributed by atoms with Crippen molar-refractivity contribution in [2.45, 2.75) is 84.7 Å². The molecular weight excluding hydrogens is 400 g/mol. The number of aromatic nitrogens is 1. The number of hydrogen-bond donors (Lipinski definition) is 3. The number of rotatable bonds is 6. The smallest absolute Gasteiger partial charge is 0.270 e. The normalized spacial score (nSPS) is 22.1. The molecule has 1 amide bonds. The summed E-state index contributed by atoms with van der Waals surface area (Å²) >= 11 is 0. The van der Waals surface area contributed by atoms with Crippen molar-refractivity contribution in [3.63, 3.8) is 0 Å². The Balaban J connectivity index is 0.00000176. The van der Waals surface area contributed by atoms with Gasteiger partial charge in [0, 0.05) is 44.3 Å². The van der Waals surface area contributed by atoms with Crippen molar-refractivity contribution >= 4 is 23.3 Å². The molecule has 2 unspecified atom stereocenters. The van der Waals surface area contributed by atoms with Gasteiger partial charge in [0.15, 0.2) is 0 Å². The van der Waals surface area contributed by atoms with E-state index in [2.05, 4.69) is 34.3 Å². The molecule has 2 aliphatic heterocycles. The number of piperidine rings is 1. The Morgan fingerprint density at radius 3 is 2.38 bits per heavy atom. The number of hydrogen-bond acceptors (Lipinski definition) is 6. The second kappa shape index (κ2) is 13.4. The lowest BCUT2D eigenvalue weighted by atomic mass is 9.98. The average Bonchev–Trinajstić information content (AvgIpc) is 2.79. The van der Waals surface area contributed by atoms with E-state index in [1.165, 1.54) is 32.1 Å². The van der Waals surface area contributed by atoms with Gasteiger partial charge in [-0.15, -0.1) is 0 Å². The molecule has 1 aromatic rings. The Hall–Kier alpha value is -2.15. The zero-order valence-corrected chi connectivity index (χ0v) is 20.8. The minimum Gasteiger partial charge on any atom is -0.373 e. The van der Waals surface area contributed by atoms with E-state index in [1.54, 1.807) is 7.05 Å². The van der Waals surface area contributed by atoms with Crippen molar-refractivity contribution in [1.29, 1.82) is 5.41 Å². The van der Waals surface area contributed by atoms with E-state index < -0.39 is 0 Å². The van der Waals surface area contributed by atoms with E-state index in [0.29, 0.717) is 17.4 Å². The van der Waals surface area contributed by atoms with E-state index in [-0.39, 0.29) is 17.7 Å². The first-order chi connectivity index (χ1) is 15.5. The fourth-order valence-electron chi connectivity index (χ4n) is 4.70. The van der Waals surface area contributed by atoms with Crippen LogP contribution >= 0.6 is 0 Å². The third kappa shape index (κ3) is 6.92. The highest BCUT2D eigenvalue weighted by Crippen LogP contribution is 2.23. The minimum atomic E-state index is -0.311. The predicted molar refractivity (Wildman–Crippen MR) is 135 cm³/mol. The van der Waals surface area contributed by atoms with Gasteiger partial charge in [-0.2, -0.15) is 0 Å². The van der Waals surface area contributed by atoms with Crippen molar-refractivity contribution < 1.29 is 4.79 Å². The average molecular weight is 445 g/mol. The summed E-state index contributed by atoms with van der Waals surface area (Å²) in [5.41, 5.74) is 0.543. The molecule has 2 aliphatic rings. The number of nitrogens with zero attached hydrogens (tertiary/aromatic N) is 3. The van der Waals surface area contributed by atoms with Gasteiger partial charge in [0.05, 0.1) is 0 Å². The first-order valence-electron chi connectivity index (χ1n) is 12.6. The first kappa shape index (κ1) is 26.1. The van der Waals surface area contributed by atoms with Crippen LogP contribution in [-0.2, 0) is 4.79 Å². The van der Waals surface area contributed by atoms with Crippen LogP contribution in [-0.4, -0.2) is 66.8 Å². The van der Waals surface area contributed by atoms with Crippen LogP contribution in [0.3, 0.4) is 0 Å². The number of amides is 1. The summed E-state index contributed by atoms with van der Waals surface area (Å²) in [6.45, 7) is 12.4. The number of likely N-dealkylation sites (tertiary alicyclic amines) is 1. The molecule has 2 atom stereocenters. The van der Waals surface area contributed by atoms with Gasteiger partial charge in [0.25, 0.3) is 5.91 Å². The fourth-order valence-corrected chi connectivity index (χ4v) is 4.70. The van der Waals surface area contributed by atoms with Crippen molar-refractivity contribution in [3.05, 3.63) is 17.7 Å². The van der Waals surface area contributed by atoms with E-state index in [4.69, 9.17) is 10.4 Å². The van der Waals surface area contributed by atoms with Crippen LogP contribution in [0.15, 0.2) is 12.1 Å². The zero-order valence-electron chi connectivity index (χ0n) is 20.8. The van der Waals surface area contributed by atoms with Crippen molar-refractivity contribution in [2.75, 3.05) is 43.4 Å². The fraction of sp³-hybridized carbons (Fsp3) is 0.720. The predicted octanol–water partition coefficient (Wildman–Crippen LogP) is 4.28. The van der Waals surface area contributed by atoms with Crippen LogP contribution in [0, 0.1) is 5.41 Å². The Labute approximate surface area is 194 Å². The Bertz CT molecular complexity index is 729. The van der Waals surface area contributed by atoms with Crippen LogP contribution in [0.4, 0.5) is 11.6 Å². The molecule has 0 saturated carbocycles. The zero-order chi connectivity index (χ0) is 23.5. The topological polar surface area (TPSA) is 84.4 Å². The van der Waals surface area contributed by atoms with Gasteiger partial charge in [0.1, 0.15) is 17.3 Å². The van der Waals surface area contributed by atoms with Gasteiger partial charge in [-0.1, -0.05) is 40.0 Å². The molecule has 7 heteroatoms. The molecule has 0 radical (unpaired) electrons. The van der Waals surface area contributed by atoms with E-state index >= 15 is 0 Å². The molecule has 180 valence electrons. The molecule has 0 bridgehead atoms. The summed E-state index contributed by atoms with van der Waals surface area (Å²) < 4.78 is 0. The van der Waals surface area contributed by atoms with E-state index in [9.17, 15) is 4.79 Å². The molecule has 32 heavy (non-hydrogen) atoms. The monoisotopic (exact) mass is 444 g/mol. The highest BCUT2D eigenvalue weighted by atomic mass is 16.1. The molecule has 7 nitrogen and oxygen atoms in total. The third-order valence-electron chi connectivity index (χ3n) is 6.55. The number of anilines is 2. The summed E-state index contributed by atoms with van der Waals surface area (Å²) in [4.78, 5) is 22.3. The quantitative estimate of drug-likeness (QED) is 0.571. The summed E-state index contributed by atoms with van der Waals surface area (Å²) in [6.07, 6.45) is 8.10. The second-order valence-electron chi connectivity index (χ2n) is 8.62. The Morgan fingerprint density at radius 2 is 1.78 bits per heavy atom. The summed E-state index contributed by atoms with van der Waals surface area (Å²) in [5.74, 6) is 1.22. The van der Waals surface area contributed by atoms with Crippen molar-refractivity contribution in [3.8, 4) is 0 Å². The van der Waals surface area contributed by atoms with Crippen LogP contribution < -0.4 is 15.5 Å². The molecular formula is C25H44N6O. The number of carbonyl (C=O) groups excluding carboxylic acids is 1. The molecule has 0 aromatic carbocycles. The highest BCUT2D eigenvalue weighted by Gasteiger charge is 2.27. The van der Waals surface area contributed by atoms with Gasteiger partial charge in [-0.05, 0) is 51.3 Å². The van der Waals surface area contributed by atoms with Crippen LogP contribution in [0.1, 0.15) is 78.2 Å². The molecule has 2 fully saturated rings. The maximum absolute atomic E-state index is 12.8. The van der Waals surface area contributed by atoms with Gasteiger partial charge >= 0.3 is 0 Å². The largest absolute Gasteiger partial charge is 0.373 e. The maximum atomic E-state index is 12.8. The van der Waals surface area contributed by atoms with Gasteiger partial charge in [-0.25, -0.2) is 4.98 Å². The SMILES string of the molecule is CC.CCN1CCC(NC(=O)C(=N)c2ccc(N3CCCCCCC3)nc2NC)CC1C. The molecule has 0 spiro atoms. The lowest BCUT2D eigenvalue weighted by Crippen LogP contribution is -2.50. The maximum Gasteiger partial charge on any atom is 0.270 e. The first-order valence-corrected chi connectivity index (χ1v) is 12.6. The van der Waals surface area contributed by atoms with E-state index in [1.807, 2.05) is 26.0 Å². The molecule has 1 aromatic heterocycles. The minimum absolute atomic E-state index is 0.0170. The molecule has 3 heterocycles. The van der Waals surface area contributed by atoms with Crippen LogP contribution in [0.2, 0.25) is 0 Å². The Kier molecular flexibility index (Phi) is 10.9. The molecule has 3 rings (SSSR count). The molecule has 3 N–H and O–H groups in total. The summed E-state index contributed by atoms with van der Waals surface area (Å²) in [7, 11) is 1.80.